The first-order valence-electron chi connectivity index (χ1n) is 17.8. The summed E-state index contributed by atoms with van der Waals surface area (Å²) >= 11 is 0. The molecule has 0 bridgehead atoms. The molecule has 1 rings (SSSR count). The summed E-state index contributed by atoms with van der Waals surface area (Å²) in [5.74, 6) is -2.22. The van der Waals surface area contributed by atoms with Crippen LogP contribution in [0, 0.1) is 11.8 Å². The Morgan fingerprint density at radius 1 is 0.889 bits per heavy atom. The van der Waals surface area contributed by atoms with Crippen LogP contribution in [0.1, 0.15) is 72.1 Å². The SMILES string of the molecule is CC(=O)N[C@@H](CCCN(O)C(O)C[C@H](C)CCO)C(=O)OCCC=CC(O)N(O)/C=C/C[C@H]1NC(=O)[C@@H](C=CCN(O)C(O)CC(C)CCO)NC1=O.[Fe]. The summed E-state index contributed by atoms with van der Waals surface area (Å²) in [7, 11) is 0. The van der Waals surface area contributed by atoms with E-state index in [1.54, 1.807) is 0 Å². The van der Waals surface area contributed by atoms with Crippen molar-refractivity contribution in [3.05, 3.63) is 36.6 Å². The van der Waals surface area contributed by atoms with Gasteiger partial charge in [-0.3, -0.25) is 19.6 Å². The fourth-order valence-corrected chi connectivity index (χ4v) is 5.14. The molecule has 4 unspecified atom stereocenters. The molecule has 0 aromatic heterocycles. The van der Waals surface area contributed by atoms with Gasteiger partial charge in [0.2, 0.25) is 17.7 Å². The number of nitrogens with one attached hydrogen (secondary N) is 3. The Kier molecular flexibility index (Phi) is 26.9. The first-order chi connectivity index (χ1) is 25.1. The normalized spacial score (nSPS) is 19.6. The van der Waals surface area contributed by atoms with E-state index >= 15 is 0 Å². The molecule has 0 aromatic rings. The number of piperazine rings is 1. The third kappa shape index (κ3) is 21.2. The second-order valence-corrected chi connectivity index (χ2v) is 13.1. The summed E-state index contributed by atoms with van der Waals surface area (Å²) in [5, 5.41) is 87.9. The molecule has 0 aliphatic carbocycles. The van der Waals surface area contributed by atoms with Crippen LogP contribution in [0.25, 0.3) is 0 Å². The van der Waals surface area contributed by atoms with Crippen LogP contribution in [0.15, 0.2) is 36.6 Å². The number of amides is 3. The number of hydrogen-bond donors (Lipinski definition) is 11. The van der Waals surface area contributed by atoms with Crippen LogP contribution in [0.3, 0.4) is 0 Å². The first-order valence-corrected chi connectivity index (χ1v) is 17.8. The molecule has 0 aromatic carbocycles. The maximum Gasteiger partial charge on any atom is 0.328 e. The minimum absolute atomic E-state index is 0. The van der Waals surface area contributed by atoms with E-state index in [2.05, 4.69) is 16.0 Å². The molecule has 0 radical (unpaired) electrons. The molecular weight excluding hydrogens is 756 g/mol. The molecular formula is C34H60FeN6O13. The first kappa shape index (κ1) is 51.0. The average Bonchev–Trinajstić information content (AvgIpc) is 3.08. The van der Waals surface area contributed by atoms with Crippen LogP contribution in [-0.4, -0.2) is 150 Å². The van der Waals surface area contributed by atoms with Crippen molar-refractivity contribution in [2.24, 2.45) is 11.8 Å². The molecule has 1 aliphatic rings. The molecule has 3 amide bonds. The molecule has 11 N–H and O–H groups in total. The van der Waals surface area contributed by atoms with E-state index < -0.39 is 60.5 Å². The van der Waals surface area contributed by atoms with Gasteiger partial charge >= 0.3 is 5.97 Å². The van der Waals surface area contributed by atoms with Crippen LogP contribution >= 0.6 is 0 Å². The summed E-state index contributed by atoms with van der Waals surface area (Å²) in [5.41, 5.74) is 0. The van der Waals surface area contributed by atoms with Crippen molar-refractivity contribution in [1.29, 1.82) is 0 Å². The van der Waals surface area contributed by atoms with Crippen LogP contribution in [-0.2, 0) is 41.0 Å². The Morgan fingerprint density at radius 2 is 1.50 bits per heavy atom. The number of hydroxylamine groups is 6. The summed E-state index contributed by atoms with van der Waals surface area (Å²) < 4.78 is 5.22. The smallest absolute Gasteiger partial charge is 0.328 e. The second-order valence-electron chi connectivity index (χ2n) is 13.1. The van der Waals surface area contributed by atoms with Gasteiger partial charge in [-0.2, -0.15) is 10.1 Å². The number of aliphatic hydroxyl groups excluding tert-OH is 5. The summed E-state index contributed by atoms with van der Waals surface area (Å²) in [6.45, 7) is 4.64. The van der Waals surface area contributed by atoms with E-state index in [1.807, 2.05) is 13.8 Å². The van der Waals surface area contributed by atoms with Crippen molar-refractivity contribution < 1.29 is 82.1 Å². The monoisotopic (exact) mass is 816 g/mol. The average molecular weight is 817 g/mol. The molecule has 20 heteroatoms. The van der Waals surface area contributed by atoms with Gasteiger partial charge in [0.05, 0.1) is 6.61 Å². The number of ether oxygens (including phenoxy) is 1. The van der Waals surface area contributed by atoms with Crippen LogP contribution < -0.4 is 16.0 Å². The Morgan fingerprint density at radius 3 is 2.09 bits per heavy atom. The van der Waals surface area contributed by atoms with Crippen molar-refractivity contribution in [3.63, 3.8) is 0 Å². The van der Waals surface area contributed by atoms with Gasteiger partial charge in [0.1, 0.15) is 30.6 Å². The predicted molar refractivity (Wildman–Crippen MR) is 188 cm³/mol. The van der Waals surface area contributed by atoms with E-state index in [9.17, 15) is 50.1 Å². The molecule has 0 spiro atoms. The number of carbonyl (C=O) groups is 4. The van der Waals surface area contributed by atoms with Gasteiger partial charge in [-0.05, 0) is 69.3 Å². The summed E-state index contributed by atoms with van der Waals surface area (Å²) in [4.78, 5) is 49.2. The number of rotatable bonds is 27. The molecule has 1 fully saturated rings. The van der Waals surface area contributed by atoms with E-state index in [4.69, 9.17) is 14.9 Å². The molecule has 19 nitrogen and oxygen atoms in total. The quantitative estimate of drug-likeness (QED) is 0.0119. The standard InChI is InChI=1S/C34H60N6O13.Fe/c1-23(13-18-41)21-30(45)39(51)16-7-10-27-33(48)36-26(32(47)37-27)9-6-15-38(50)29(44)12-4-5-20-53-34(49)28(35-25(3)43)11-8-17-40(52)31(46)22-24(2)14-19-42;/h4,6-7,10,12,15,23-24,26-31,41-42,44-46,50-52H,5,8-9,11,13-14,16-22H2,1-3H3,(H,35,43)(H,36,48)(H,37,47);/b10-7?,12-4?,15-6+;/t23?,24-,26-,27-,28+,29?,30?,31?;/m1./s1. The predicted octanol–water partition coefficient (Wildman–Crippen LogP) is -0.952. The van der Waals surface area contributed by atoms with Crippen molar-refractivity contribution in [2.45, 2.75) is 109 Å². The minimum Gasteiger partial charge on any atom is -0.464 e. The Hall–Kier alpha value is -2.98. The third-order valence-corrected chi connectivity index (χ3v) is 8.27. The fourth-order valence-electron chi connectivity index (χ4n) is 5.14. The number of hydrogen-bond acceptors (Lipinski definition) is 16. The van der Waals surface area contributed by atoms with Gasteiger partial charge in [0, 0.05) is 56.5 Å². The van der Waals surface area contributed by atoms with Crippen LogP contribution in [0.5, 0.6) is 0 Å². The zero-order valence-electron chi connectivity index (χ0n) is 31.1. The molecule has 312 valence electrons. The third-order valence-electron chi connectivity index (χ3n) is 8.27. The summed E-state index contributed by atoms with van der Waals surface area (Å²) in [6, 6.07) is -2.95. The number of nitrogens with zero attached hydrogens (tertiary/aromatic N) is 3. The van der Waals surface area contributed by atoms with E-state index in [0.29, 0.717) is 23.0 Å². The van der Waals surface area contributed by atoms with E-state index in [-0.39, 0.29) is 100 Å². The maximum atomic E-state index is 12.6. The van der Waals surface area contributed by atoms with Gasteiger partial charge in [-0.1, -0.05) is 38.2 Å². The number of carbonyl (C=O) groups excluding carboxylic acids is 4. The number of esters is 1. The van der Waals surface area contributed by atoms with Gasteiger partial charge in [-0.15, -0.1) is 0 Å². The van der Waals surface area contributed by atoms with E-state index in [0.717, 1.165) is 11.3 Å². The molecule has 8 atom stereocenters. The molecule has 0 saturated carbocycles. The van der Waals surface area contributed by atoms with Gasteiger partial charge < -0.3 is 56.6 Å². The Balaban J connectivity index is 0.0000281. The largest absolute Gasteiger partial charge is 0.464 e. The Bertz CT molecular complexity index is 1200. The Labute approximate surface area is 326 Å². The molecule has 1 saturated heterocycles. The zero-order valence-corrected chi connectivity index (χ0v) is 32.2. The van der Waals surface area contributed by atoms with Crippen molar-refractivity contribution in [3.8, 4) is 0 Å². The molecule has 1 heterocycles. The van der Waals surface area contributed by atoms with Crippen molar-refractivity contribution in [1.82, 2.24) is 31.1 Å². The maximum absolute atomic E-state index is 12.6. The second kappa shape index (κ2) is 28.4. The van der Waals surface area contributed by atoms with Crippen LogP contribution in [0.4, 0.5) is 0 Å². The number of aliphatic hydroxyl groups is 5. The van der Waals surface area contributed by atoms with Gasteiger partial charge in [0.25, 0.3) is 0 Å². The fraction of sp³-hybridized carbons (Fsp3) is 0.706. The minimum atomic E-state index is -1.50. The summed E-state index contributed by atoms with van der Waals surface area (Å²) in [6.07, 6.45) is 6.04. The van der Waals surface area contributed by atoms with Crippen LogP contribution in [0.2, 0.25) is 0 Å². The van der Waals surface area contributed by atoms with Gasteiger partial charge in [0.15, 0.2) is 6.23 Å². The van der Waals surface area contributed by atoms with Crippen molar-refractivity contribution in [2.75, 3.05) is 32.9 Å². The van der Waals surface area contributed by atoms with Gasteiger partial charge in [-0.25, -0.2) is 9.86 Å². The van der Waals surface area contributed by atoms with Crippen molar-refractivity contribution >= 4 is 23.7 Å². The topological polar surface area (TPSA) is 285 Å². The van der Waals surface area contributed by atoms with E-state index in [1.165, 1.54) is 37.3 Å². The zero-order chi connectivity index (χ0) is 39.9. The molecule has 1 aliphatic heterocycles. The molecule has 54 heavy (non-hydrogen) atoms.